The van der Waals surface area contributed by atoms with Gasteiger partial charge in [-0.1, -0.05) is 172 Å². The monoisotopic (exact) mass is 916 g/mol. The maximum Gasteiger partial charge on any atom is 0.0640 e. The fourth-order valence-corrected chi connectivity index (χ4v) is 13.9. The van der Waals surface area contributed by atoms with E-state index in [1.54, 1.807) is 0 Å². The van der Waals surface area contributed by atoms with E-state index in [2.05, 4.69) is 254 Å². The molecule has 0 atom stereocenters. The number of rotatable bonds is 7. The summed E-state index contributed by atoms with van der Waals surface area (Å²) in [5.41, 5.74) is 14.3. The van der Waals surface area contributed by atoms with Crippen molar-refractivity contribution in [3.63, 3.8) is 0 Å². The number of thiophene rings is 2. The molecule has 0 N–H and O–H groups in total. The topological polar surface area (TPSA) is 6.48 Å². The van der Waals surface area contributed by atoms with Gasteiger partial charge >= 0.3 is 0 Å². The summed E-state index contributed by atoms with van der Waals surface area (Å²) < 4.78 is 5.18. The molecule has 2 nitrogen and oxygen atoms in total. The Hall–Kier alpha value is -8.02. The number of fused-ring (bicyclic) bond motifs is 10. The molecule has 0 aliphatic heterocycles. The molecule has 69 heavy (non-hydrogen) atoms. The second kappa shape index (κ2) is 15.5. The normalized spacial score (nSPS) is 12.9. The SMILES string of the molecule is CC1(C)c2cc(N(c3ccccc3)c3cccc4c3sc3ccccc34)ccc2-c2c(-c3ccccc3)c3ccc(N(c4ccccc4)c4cccc5c4sc4ccccc45)cc3c3cccc1c23. The van der Waals surface area contributed by atoms with Crippen LogP contribution in [-0.2, 0) is 5.41 Å². The number of benzene rings is 11. The van der Waals surface area contributed by atoms with Crippen molar-refractivity contribution in [2.45, 2.75) is 19.3 Å². The van der Waals surface area contributed by atoms with Crippen molar-refractivity contribution in [3.8, 4) is 22.3 Å². The lowest BCUT2D eigenvalue weighted by Gasteiger charge is -2.38. The van der Waals surface area contributed by atoms with Crippen LogP contribution < -0.4 is 9.80 Å². The minimum absolute atomic E-state index is 0.323. The largest absolute Gasteiger partial charge is 0.309 e. The van der Waals surface area contributed by atoms with E-state index >= 15 is 0 Å². The Morgan fingerprint density at radius 2 is 0.826 bits per heavy atom. The number of hydrogen-bond donors (Lipinski definition) is 0. The van der Waals surface area contributed by atoms with Crippen LogP contribution in [0, 0.1) is 0 Å². The summed E-state index contributed by atoms with van der Waals surface area (Å²) in [7, 11) is 0. The standard InChI is InChI=1S/C65H44N2S2/c1-65(2)54-30-16-27-48-53-39-44(66(42-21-8-4-9-22-42)56-31-17-28-50-46-25-12-14-33-58(46)68-63(50)56)35-37-49(53)60(41-19-6-3-7-20-41)62(61(48)54)52-38-36-45(40-55(52)65)67(43-23-10-5-11-24-43)57-32-18-29-51-47-26-13-15-34-59(47)69-64(51)57/h3-40H,1-2H3. The lowest BCUT2D eigenvalue weighted by atomic mass is 9.66. The second-order valence-electron chi connectivity index (χ2n) is 18.8. The molecular weight excluding hydrogens is 873 g/mol. The Balaban J connectivity index is 1.02. The molecular formula is C65H44N2S2. The summed E-state index contributed by atoms with van der Waals surface area (Å²) in [6, 6.07) is 85.5. The third-order valence-electron chi connectivity index (χ3n) is 14.6. The maximum absolute atomic E-state index is 2.49. The highest BCUT2D eigenvalue weighted by Crippen LogP contribution is 2.57. The number of hydrogen-bond acceptors (Lipinski definition) is 4. The molecule has 0 radical (unpaired) electrons. The molecule has 14 rings (SSSR count). The Kier molecular flexibility index (Phi) is 9.01. The molecule has 13 aromatic rings. The summed E-state index contributed by atoms with van der Waals surface area (Å²) in [6.45, 7) is 4.86. The number of anilines is 6. The van der Waals surface area contributed by atoms with Gasteiger partial charge in [0.25, 0.3) is 0 Å². The lowest BCUT2D eigenvalue weighted by Crippen LogP contribution is -2.24. The van der Waals surface area contributed by atoms with Gasteiger partial charge in [0.1, 0.15) is 0 Å². The minimum atomic E-state index is -0.323. The van der Waals surface area contributed by atoms with Gasteiger partial charge in [-0.15, -0.1) is 22.7 Å². The molecule has 326 valence electrons. The van der Waals surface area contributed by atoms with Crippen LogP contribution >= 0.6 is 22.7 Å². The predicted molar refractivity (Wildman–Crippen MR) is 300 cm³/mol. The first-order chi connectivity index (χ1) is 34.0. The highest BCUT2D eigenvalue weighted by atomic mass is 32.1. The number of para-hydroxylation sites is 2. The summed E-state index contributed by atoms with van der Waals surface area (Å²) in [5.74, 6) is 0. The van der Waals surface area contributed by atoms with Crippen molar-refractivity contribution in [3.05, 3.63) is 242 Å². The molecule has 0 fully saturated rings. The van der Waals surface area contributed by atoms with Gasteiger partial charge in [0.05, 0.1) is 20.8 Å². The van der Waals surface area contributed by atoms with Gasteiger partial charge < -0.3 is 9.80 Å². The van der Waals surface area contributed by atoms with E-state index in [1.165, 1.54) is 107 Å². The average molecular weight is 917 g/mol. The number of nitrogens with zero attached hydrogens (tertiary/aromatic N) is 2. The van der Waals surface area contributed by atoms with Crippen LogP contribution in [0.25, 0.3) is 84.1 Å². The molecule has 4 heteroatoms. The van der Waals surface area contributed by atoms with Gasteiger partial charge in [-0.2, -0.15) is 0 Å². The van der Waals surface area contributed by atoms with E-state index in [9.17, 15) is 0 Å². The van der Waals surface area contributed by atoms with Crippen LogP contribution in [0.2, 0.25) is 0 Å². The Labute approximate surface area is 409 Å². The summed E-state index contributed by atoms with van der Waals surface area (Å²) in [6.07, 6.45) is 0. The van der Waals surface area contributed by atoms with Crippen LogP contribution in [0.3, 0.4) is 0 Å². The molecule has 0 saturated heterocycles. The van der Waals surface area contributed by atoms with Crippen LogP contribution in [0.15, 0.2) is 231 Å². The first-order valence-electron chi connectivity index (χ1n) is 23.8. The maximum atomic E-state index is 2.49. The second-order valence-corrected chi connectivity index (χ2v) is 20.9. The van der Waals surface area contributed by atoms with E-state index < -0.39 is 0 Å². The van der Waals surface area contributed by atoms with Crippen LogP contribution in [0.5, 0.6) is 0 Å². The Morgan fingerprint density at radius 1 is 0.333 bits per heavy atom. The van der Waals surface area contributed by atoms with Crippen molar-refractivity contribution in [1.29, 1.82) is 0 Å². The van der Waals surface area contributed by atoms with Crippen LogP contribution in [0.4, 0.5) is 34.1 Å². The smallest absolute Gasteiger partial charge is 0.0640 e. The quantitative estimate of drug-likeness (QED) is 0.147. The van der Waals surface area contributed by atoms with Gasteiger partial charge in [0, 0.05) is 59.1 Å². The van der Waals surface area contributed by atoms with E-state index in [0.29, 0.717) is 0 Å². The van der Waals surface area contributed by atoms with Crippen molar-refractivity contribution in [1.82, 2.24) is 0 Å². The van der Waals surface area contributed by atoms with Gasteiger partial charge in [-0.3, -0.25) is 0 Å². The molecule has 0 unspecified atom stereocenters. The van der Waals surface area contributed by atoms with Gasteiger partial charge in [0.2, 0.25) is 0 Å². The van der Waals surface area contributed by atoms with Crippen molar-refractivity contribution >= 4 is 119 Å². The molecule has 2 heterocycles. The predicted octanol–water partition coefficient (Wildman–Crippen LogP) is 19.6. The van der Waals surface area contributed by atoms with Gasteiger partial charge in [0.15, 0.2) is 0 Å². The summed E-state index contributed by atoms with van der Waals surface area (Å²) in [4.78, 5) is 4.94. The van der Waals surface area contributed by atoms with E-state index in [1.807, 2.05) is 22.7 Å². The molecule has 11 aromatic carbocycles. The third kappa shape index (κ3) is 6.09. The molecule has 0 bridgehead atoms. The zero-order valence-corrected chi connectivity index (χ0v) is 39.8. The first-order valence-corrected chi connectivity index (χ1v) is 25.4. The van der Waals surface area contributed by atoms with E-state index in [-0.39, 0.29) is 5.41 Å². The van der Waals surface area contributed by atoms with Crippen molar-refractivity contribution < 1.29 is 0 Å². The fraction of sp³-hybridized carbons (Fsp3) is 0.0462. The molecule has 0 amide bonds. The lowest BCUT2D eigenvalue weighted by molar-refractivity contribution is 0.645. The van der Waals surface area contributed by atoms with Crippen molar-refractivity contribution in [2.75, 3.05) is 9.80 Å². The highest BCUT2D eigenvalue weighted by molar-refractivity contribution is 7.26. The molecule has 2 aromatic heterocycles. The Bertz CT molecular complexity index is 4170. The molecule has 1 aliphatic carbocycles. The molecule has 1 aliphatic rings. The minimum Gasteiger partial charge on any atom is -0.309 e. The Morgan fingerprint density at radius 3 is 1.43 bits per heavy atom. The van der Waals surface area contributed by atoms with Crippen LogP contribution in [-0.4, -0.2) is 0 Å². The molecule has 0 saturated carbocycles. The first kappa shape index (κ1) is 40.1. The van der Waals surface area contributed by atoms with Gasteiger partial charge in [-0.05, 0) is 128 Å². The molecule has 0 spiro atoms. The zero-order chi connectivity index (χ0) is 45.8. The van der Waals surface area contributed by atoms with Gasteiger partial charge in [-0.25, -0.2) is 0 Å². The highest BCUT2D eigenvalue weighted by Gasteiger charge is 2.37. The fourth-order valence-electron chi connectivity index (χ4n) is 11.5. The van der Waals surface area contributed by atoms with E-state index in [4.69, 9.17) is 0 Å². The third-order valence-corrected chi connectivity index (χ3v) is 17.0. The van der Waals surface area contributed by atoms with E-state index in [0.717, 1.165) is 22.7 Å². The summed E-state index contributed by atoms with van der Waals surface area (Å²) in [5, 5.41) is 10.3. The summed E-state index contributed by atoms with van der Waals surface area (Å²) >= 11 is 3.76. The zero-order valence-electron chi connectivity index (χ0n) is 38.2. The average Bonchev–Trinajstić information content (AvgIpc) is 3.99. The van der Waals surface area contributed by atoms with Crippen LogP contribution in [0.1, 0.15) is 25.0 Å². The van der Waals surface area contributed by atoms with Crippen molar-refractivity contribution in [2.24, 2.45) is 0 Å².